The van der Waals surface area contributed by atoms with E-state index in [1.807, 2.05) is 17.0 Å². The number of ether oxygens (including phenoxy) is 3. The summed E-state index contributed by atoms with van der Waals surface area (Å²) in [6.07, 6.45) is 0. The van der Waals surface area contributed by atoms with Gasteiger partial charge in [-0.1, -0.05) is 12.1 Å². The maximum absolute atomic E-state index is 13.4. The van der Waals surface area contributed by atoms with Gasteiger partial charge in [-0.15, -0.1) is 0 Å². The molecule has 1 aromatic carbocycles. The van der Waals surface area contributed by atoms with Crippen LogP contribution in [0.25, 0.3) is 0 Å². The predicted molar refractivity (Wildman–Crippen MR) is 109 cm³/mol. The fraction of sp³-hybridized carbons (Fsp3) is 0.524. The zero-order chi connectivity index (χ0) is 21.3. The number of benzene rings is 1. The SMILES string of the molecule is COc1cccc(C2NC(=O)N(C)C3=C2C(=O)N(CCN2CCOCC2)C3)c1OC. The maximum atomic E-state index is 13.4. The van der Waals surface area contributed by atoms with Gasteiger partial charge in [0.05, 0.1) is 51.3 Å². The quantitative estimate of drug-likeness (QED) is 0.740. The number of para-hydroxylation sites is 1. The lowest BCUT2D eigenvalue weighted by molar-refractivity contribution is -0.126. The van der Waals surface area contributed by atoms with E-state index in [0.717, 1.165) is 38.5 Å². The Hall–Kier alpha value is -2.78. The van der Waals surface area contributed by atoms with Crippen molar-refractivity contribution in [3.8, 4) is 11.5 Å². The fourth-order valence-corrected chi connectivity index (χ4v) is 4.26. The molecule has 0 spiro atoms. The monoisotopic (exact) mass is 416 g/mol. The highest BCUT2D eigenvalue weighted by molar-refractivity contribution is 6.01. The standard InChI is InChI=1S/C21H28N4O5/c1-23-15-13-25(8-7-24-9-11-30-12-10-24)20(26)17(15)18(22-21(23)27)14-5-4-6-16(28-2)19(14)29-3/h4-6,18H,7-13H2,1-3H3,(H,22,27). The smallest absolute Gasteiger partial charge is 0.322 e. The summed E-state index contributed by atoms with van der Waals surface area (Å²) in [6.45, 7) is 5.01. The maximum Gasteiger partial charge on any atom is 0.322 e. The van der Waals surface area contributed by atoms with Crippen molar-refractivity contribution in [2.24, 2.45) is 0 Å². The number of amides is 3. The minimum Gasteiger partial charge on any atom is -0.493 e. The minimum atomic E-state index is -0.588. The first kappa shape index (κ1) is 20.5. The molecule has 1 atom stereocenters. The van der Waals surface area contributed by atoms with Crippen LogP contribution in [0.1, 0.15) is 11.6 Å². The van der Waals surface area contributed by atoms with Gasteiger partial charge in [-0.3, -0.25) is 14.6 Å². The van der Waals surface area contributed by atoms with Gasteiger partial charge in [0.25, 0.3) is 5.91 Å². The molecule has 3 amide bonds. The molecular formula is C21H28N4O5. The summed E-state index contributed by atoms with van der Waals surface area (Å²) in [5, 5.41) is 2.96. The van der Waals surface area contributed by atoms with Gasteiger partial charge >= 0.3 is 6.03 Å². The molecule has 0 radical (unpaired) electrons. The molecule has 1 unspecified atom stereocenters. The molecule has 0 bridgehead atoms. The number of carbonyl (C=O) groups is 2. The Morgan fingerprint density at radius 1 is 1.13 bits per heavy atom. The number of hydrogen-bond acceptors (Lipinski definition) is 6. The molecule has 1 N–H and O–H groups in total. The molecule has 3 heterocycles. The second-order valence-electron chi connectivity index (χ2n) is 7.57. The first-order chi connectivity index (χ1) is 14.5. The van der Waals surface area contributed by atoms with E-state index in [1.54, 1.807) is 27.3 Å². The average Bonchev–Trinajstić information content (AvgIpc) is 3.11. The van der Waals surface area contributed by atoms with Crippen molar-refractivity contribution in [1.29, 1.82) is 0 Å². The lowest BCUT2D eigenvalue weighted by atomic mass is 9.94. The molecule has 4 rings (SSSR count). The molecule has 0 saturated carbocycles. The van der Waals surface area contributed by atoms with Crippen molar-refractivity contribution in [3.63, 3.8) is 0 Å². The van der Waals surface area contributed by atoms with E-state index < -0.39 is 6.04 Å². The van der Waals surface area contributed by atoms with E-state index in [2.05, 4.69) is 10.2 Å². The van der Waals surface area contributed by atoms with Crippen LogP contribution in [-0.2, 0) is 9.53 Å². The highest BCUT2D eigenvalue weighted by Crippen LogP contribution is 2.42. The number of hydrogen-bond donors (Lipinski definition) is 1. The number of urea groups is 1. The summed E-state index contributed by atoms with van der Waals surface area (Å²) in [7, 11) is 4.81. The fourth-order valence-electron chi connectivity index (χ4n) is 4.26. The molecule has 0 aromatic heterocycles. The Morgan fingerprint density at radius 3 is 2.60 bits per heavy atom. The molecule has 30 heavy (non-hydrogen) atoms. The van der Waals surface area contributed by atoms with Crippen molar-refractivity contribution < 1.29 is 23.8 Å². The summed E-state index contributed by atoms with van der Waals surface area (Å²) >= 11 is 0. The van der Waals surface area contributed by atoms with Crippen LogP contribution < -0.4 is 14.8 Å². The van der Waals surface area contributed by atoms with Gasteiger partial charge in [-0.25, -0.2) is 4.79 Å². The average molecular weight is 416 g/mol. The Bertz CT molecular complexity index is 865. The number of nitrogens with one attached hydrogen (secondary N) is 1. The molecule has 0 aliphatic carbocycles. The second kappa shape index (κ2) is 8.53. The van der Waals surface area contributed by atoms with E-state index in [4.69, 9.17) is 14.2 Å². The molecule has 3 aliphatic rings. The highest BCUT2D eigenvalue weighted by atomic mass is 16.5. The largest absolute Gasteiger partial charge is 0.493 e. The second-order valence-corrected chi connectivity index (χ2v) is 7.57. The van der Waals surface area contributed by atoms with Crippen LogP contribution in [0.4, 0.5) is 4.79 Å². The zero-order valence-electron chi connectivity index (χ0n) is 17.6. The van der Waals surface area contributed by atoms with Crippen molar-refractivity contribution in [2.75, 3.05) is 67.2 Å². The van der Waals surface area contributed by atoms with Gasteiger partial charge in [0.2, 0.25) is 0 Å². The Kier molecular flexibility index (Phi) is 5.83. The third kappa shape index (κ3) is 3.59. The number of methoxy groups -OCH3 is 2. The molecule has 9 nitrogen and oxygen atoms in total. The summed E-state index contributed by atoms with van der Waals surface area (Å²) < 4.78 is 16.4. The zero-order valence-corrected chi connectivity index (χ0v) is 17.6. The van der Waals surface area contributed by atoms with Crippen molar-refractivity contribution in [1.82, 2.24) is 20.0 Å². The predicted octanol–water partition coefficient (Wildman–Crippen LogP) is 0.828. The molecule has 3 aliphatic heterocycles. The van der Waals surface area contributed by atoms with E-state index in [9.17, 15) is 9.59 Å². The molecule has 162 valence electrons. The van der Waals surface area contributed by atoms with Gasteiger partial charge in [-0.05, 0) is 6.07 Å². The van der Waals surface area contributed by atoms with Crippen LogP contribution in [0.5, 0.6) is 11.5 Å². The lowest BCUT2D eigenvalue weighted by Crippen LogP contribution is -2.45. The van der Waals surface area contributed by atoms with Gasteiger partial charge < -0.3 is 24.4 Å². The number of rotatable bonds is 6. The minimum absolute atomic E-state index is 0.0556. The van der Waals surface area contributed by atoms with Gasteiger partial charge in [0.15, 0.2) is 11.5 Å². The summed E-state index contributed by atoms with van der Waals surface area (Å²) in [5.74, 6) is 1.01. The molecule has 9 heteroatoms. The van der Waals surface area contributed by atoms with Crippen LogP contribution in [0.3, 0.4) is 0 Å². The van der Waals surface area contributed by atoms with Crippen LogP contribution in [-0.4, -0.2) is 93.8 Å². The lowest BCUT2D eigenvalue weighted by Gasteiger charge is -2.31. The van der Waals surface area contributed by atoms with Crippen LogP contribution in [0.15, 0.2) is 29.5 Å². The molecule has 1 fully saturated rings. The first-order valence-corrected chi connectivity index (χ1v) is 10.1. The molecule has 1 saturated heterocycles. The van der Waals surface area contributed by atoms with Gasteiger partial charge in [0, 0.05) is 38.8 Å². The molecule has 1 aromatic rings. The Labute approximate surface area is 176 Å². The highest BCUT2D eigenvalue weighted by Gasteiger charge is 2.43. The van der Waals surface area contributed by atoms with Crippen LogP contribution >= 0.6 is 0 Å². The van der Waals surface area contributed by atoms with Gasteiger partial charge in [-0.2, -0.15) is 0 Å². The number of carbonyl (C=O) groups excluding carboxylic acids is 2. The third-order valence-corrected chi connectivity index (χ3v) is 5.97. The van der Waals surface area contributed by atoms with Gasteiger partial charge in [0.1, 0.15) is 0 Å². The number of morpholine rings is 1. The first-order valence-electron chi connectivity index (χ1n) is 10.1. The third-order valence-electron chi connectivity index (χ3n) is 5.97. The summed E-state index contributed by atoms with van der Waals surface area (Å²) in [4.78, 5) is 31.7. The Morgan fingerprint density at radius 2 is 1.90 bits per heavy atom. The normalized spacial score (nSPS) is 22.3. The summed E-state index contributed by atoms with van der Waals surface area (Å²) in [5.41, 5.74) is 2.03. The molecular weight excluding hydrogens is 388 g/mol. The van der Waals surface area contributed by atoms with E-state index in [1.165, 1.54) is 4.90 Å². The number of nitrogens with zero attached hydrogens (tertiary/aromatic N) is 3. The van der Waals surface area contributed by atoms with Crippen molar-refractivity contribution >= 4 is 11.9 Å². The number of likely N-dealkylation sites (N-methyl/N-ethyl adjacent to an activating group) is 1. The summed E-state index contributed by atoms with van der Waals surface area (Å²) in [6, 6.07) is 4.64. The Balaban J connectivity index is 1.61. The van der Waals surface area contributed by atoms with E-state index in [-0.39, 0.29) is 11.9 Å². The van der Waals surface area contributed by atoms with Crippen LogP contribution in [0, 0.1) is 0 Å². The van der Waals surface area contributed by atoms with Crippen LogP contribution in [0.2, 0.25) is 0 Å². The van der Waals surface area contributed by atoms with E-state index >= 15 is 0 Å². The van der Waals surface area contributed by atoms with Crippen molar-refractivity contribution in [2.45, 2.75) is 6.04 Å². The van der Waals surface area contributed by atoms with Crippen molar-refractivity contribution in [3.05, 3.63) is 35.0 Å². The topological polar surface area (TPSA) is 83.6 Å². The van der Waals surface area contributed by atoms with E-state index in [0.29, 0.717) is 35.7 Å².